The minimum Gasteiger partial charge on any atom is -0.489 e. The molecule has 1 saturated heterocycles. The second-order valence-corrected chi connectivity index (χ2v) is 5.45. The Morgan fingerprint density at radius 2 is 1.95 bits per heavy atom. The molecule has 5 nitrogen and oxygen atoms in total. The van der Waals surface area contributed by atoms with Crippen LogP contribution in [-0.2, 0) is 4.79 Å². The third kappa shape index (κ3) is 2.33. The predicted octanol–water partition coefficient (Wildman–Crippen LogP) is 1.43. The van der Waals surface area contributed by atoms with Gasteiger partial charge < -0.3 is 20.3 Å². The number of carbonyl (C=O) groups is 1. The summed E-state index contributed by atoms with van der Waals surface area (Å²) < 4.78 is 5.92. The van der Waals surface area contributed by atoms with E-state index in [-0.39, 0.29) is 5.91 Å². The van der Waals surface area contributed by atoms with Gasteiger partial charge in [-0.05, 0) is 25.0 Å². The number of aryl methyl sites for hydroxylation is 2. The number of fused-ring (bicyclic) bond motifs is 1. The van der Waals surface area contributed by atoms with Crippen molar-refractivity contribution in [2.45, 2.75) is 20.3 Å². The van der Waals surface area contributed by atoms with Crippen molar-refractivity contribution in [3.8, 4) is 5.75 Å². The van der Waals surface area contributed by atoms with E-state index in [2.05, 4.69) is 28.5 Å². The van der Waals surface area contributed by atoms with E-state index in [1.54, 1.807) is 0 Å². The van der Waals surface area contributed by atoms with Gasteiger partial charge in [0.15, 0.2) is 5.75 Å². The molecular formula is C15H21N3O2. The Kier molecular flexibility index (Phi) is 3.53. The smallest absolute Gasteiger partial charge is 0.227 e. The summed E-state index contributed by atoms with van der Waals surface area (Å²) in [5.41, 5.74) is 4.24. The van der Waals surface area contributed by atoms with E-state index in [1.807, 2.05) is 6.92 Å². The van der Waals surface area contributed by atoms with Gasteiger partial charge in [0.1, 0.15) is 0 Å². The number of nitrogens with one attached hydrogen (secondary N) is 2. The first-order valence-electron chi connectivity index (χ1n) is 7.19. The van der Waals surface area contributed by atoms with Crippen LogP contribution in [0, 0.1) is 13.8 Å². The van der Waals surface area contributed by atoms with Crippen molar-refractivity contribution in [2.75, 3.05) is 43.0 Å². The third-order valence-corrected chi connectivity index (χ3v) is 3.92. The molecule has 0 atom stereocenters. The van der Waals surface area contributed by atoms with Crippen molar-refractivity contribution < 1.29 is 9.53 Å². The van der Waals surface area contributed by atoms with Gasteiger partial charge in [0.25, 0.3) is 0 Å². The number of ether oxygens (including phenoxy) is 1. The van der Waals surface area contributed by atoms with E-state index in [4.69, 9.17) is 4.74 Å². The number of rotatable bonds is 1. The molecule has 1 amide bonds. The van der Waals surface area contributed by atoms with E-state index in [1.165, 1.54) is 5.56 Å². The molecular weight excluding hydrogens is 254 g/mol. The van der Waals surface area contributed by atoms with Gasteiger partial charge in [-0.3, -0.25) is 4.79 Å². The number of nitrogens with zero attached hydrogens (tertiary/aromatic N) is 1. The summed E-state index contributed by atoms with van der Waals surface area (Å²) in [4.78, 5) is 14.1. The third-order valence-electron chi connectivity index (χ3n) is 3.92. The minimum atomic E-state index is 0.0296. The normalized spacial score (nSPS) is 18.9. The monoisotopic (exact) mass is 275 g/mol. The highest BCUT2D eigenvalue weighted by atomic mass is 16.5. The molecule has 1 fully saturated rings. The van der Waals surface area contributed by atoms with Crippen LogP contribution in [-0.4, -0.2) is 38.7 Å². The van der Waals surface area contributed by atoms with Gasteiger partial charge in [0.05, 0.1) is 24.4 Å². The fourth-order valence-corrected chi connectivity index (χ4v) is 2.97. The van der Waals surface area contributed by atoms with Gasteiger partial charge in [-0.2, -0.15) is 0 Å². The zero-order valence-corrected chi connectivity index (χ0v) is 12.1. The Bertz CT molecular complexity index is 536. The number of amides is 1. The molecule has 5 heteroatoms. The van der Waals surface area contributed by atoms with Crippen LogP contribution in [0.1, 0.15) is 17.5 Å². The maximum absolute atomic E-state index is 11.8. The van der Waals surface area contributed by atoms with Crippen molar-refractivity contribution in [1.29, 1.82) is 0 Å². The molecule has 0 radical (unpaired) electrons. The molecule has 20 heavy (non-hydrogen) atoms. The topological polar surface area (TPSA) is 53.6 Å². The molecule has 2 aliphatic heterocycles. The highest BCUT2D eigenvalue weighted by Gasteiger charge is 2.25. The number of anilines is 2. The van der Waals surface area contributed by atoms with Crippen LogP contribution >= 0.6 is 0 Å². The second kappa shape index (κ2) is 5.32. The van der Waals surface area contributed by atoms with E-state index < -0.39 is 0 Å². The number of benzene rings is 1. The number of piperazine rings is 1. The van der Waals surface area contributed by atoms with Crippen LogP contribution in [0.3, 0.4) is 0 Å². The molecule has 0 aromatic heterocycles. The van der Waals surface area contributed by atoms with E-state index in [9.17, 15) is 4.79 Å². The van der Waals surface area contributed by atoms with Crippen LogP contribution in [0.15, 0.2) is 6.07 Å². The van der Waals surface area contributed by atoms with E-state index in [0.29, 0.717) is 13.0 Å². The molecule has 1 aromatic rings. The highest BCUT2D eigenvalue weighted by Crippen LogP contribution is 2.42. The highest BCUT2D eigenvalue weighted by molar-refractivity contribution is 5.96. The minimum absolute atomic E-state index is 0.0296. The molecule has 2 N–H and O–H groups in total. The quantitative estimate of drug-likeness (QED) is 0.814. The molecule has 0 bridgehead atoms. The van der Waals surface area contributed by atoms with E-state index in [0.717, 1.165) is 48.9 Å². The predicted molar refractivity (Wildman–Crippen MR) is 79.7 cm³/mol. The summed E-state index contributed by atoms with van der Waals surface area (Å²) >= 11 is 0. The summed E-state index contributed by atoms with van der Waals surface area (Å²) in [6.07, 6.45) is 0.411. The average Bonchev–Trinajstić information content (AvgIpc) is 2.62. The number of hydrogen-bond donors (Lipinski definition) is 2. The maximum Gasteiger partial charge on any atom is 0.227 e. The molecule has 0 spiro atoms. The first-order chi connectivity index (χ1) is 9.66. The largest absolute Gasteiger partial charge is 0.489 e. The average molecular weight is 275 g/mol. The van der Waals surface area contributed by atoms with Crippen molar-refractivity contribution >= 4 is 17.3 Å². The van der Waals surface area contributed by atoms with Gasteiger partial charge >= 0.3 is 0 Å². The molecule has 3 rings (SSSR count). The fraction of sp³-hybridized carbons (Fsp3) is 0.533. The zero-order valence-electron chi connectivity index (χ0n) is 12.1. The summed E-state index contributed by atoms with van der Waals surface area (Å²) in [5, 5.41) is 6.35. The lowest BCUT2D eigenvalue weighted by Crippen LogP contribution is -2.44. The summed E-state index contributed by atoms with van der Waals surface area (Å²) in [5.74, 6) is 0.872. The zero-order chi connectivity index (χ0) is 14.1. The summed E-state index contributed by atoms with van der Waals surface area (Å²) in [6.45, 7) is 8.47. The Labute approximate surface area is 119 Å². The van der Waals surface area contributed by atoms with Crippen LogP contribution in [0.5, 0.6) is 5.75 Å². The number of hydrogen-bond acceptors (Lipinski definition) is 4. The van der Waals surface area contributed by atoms with Crippen molar-refractivity contribution in [3.63, 3.8) is 0 Å². The maximum atomic E-state index is 11.8. The van der Waals surface area contributed by atoms with Crippen molar-refractivity contribution in [2.24, 2.45) is 0 Å². The lowest BCUT2D eigenvalue weighted by molar-refractivity contribution is -0.116. The lowest BCUT2D eigenvalue weighted by atomic mass is 10.0. The van der Waals surface area contributed by atoms with Crippen LogP contribution in [0.4, 0.5) is 11.4 Å². The molecule has 2 aliphatic rings. The molecule has 0 unspecified atom stereocenters. The van der Waals surface area contributed by atoms with Gasteiger partial charge in [-0.25, -0.2) is 0 Å². The first-order valence-corrected chi connectivity index (χ1v) is 7.19. The number of carbonyl (C=O) groups excluding carboxylic acids is 1. The fourth-order valence-electron chi connectivity index (χ4n) is 2.97. The van der Waals surface area contributed by atoms with Crippen LogP contribution in [0.25, 0.3) is 0 Å². The van der Waals surface area contributed by atoms with Gasteiger partial charge in [0.2, 0.25) is 5.91 Å². The first kappa shape index (κ1) is 13.2. The van der Waals surface area contributed by atoms with Crippen molar-refractivity contribution in [3.05, 3.63) is 17.2 Å². The molecule has 108 valence electrons. The van der Waals surface area contributed by atoms with Crippen LogP contribution < -0.4 is 20.3 Å². The second-order valence-electron chi connectivity index (χ2n) is 5.45. The summed E-state index contributed by atoms with van der Waals surface area (Å²) in [6, 6.07) is 2.13. The van der Waals surface area contributed by atoms with Gasteiger partial charge in [-0.1, -0.05) is 6.07 Å². The Morgan fingerprint density at radius 1 is 1.20 bits per heavy atom. The van der Waals surface area contributed by atoms with Gasteiger partial charge in [0, 0.05) is 26.2 Å². The SMILES string of the molecule is Cc1cc(C)c(N2CCNCC2)c2c1NC(=O)CCO2. The Balaban J connectivity index is 2.08. The molecule has 0 saturated carbocycles. The molecule has 1 aromatic carbocycles. The Hall–Kier alpha value is -1.75. The van der Waals surface area contributed by atoms with E-state index >= 15 is 0 Å². The molecule has 0 aliphatic carbocycles. The van der Waals surface area contributed by atoms with Crippen molar-refractivity contribution in [1.82, 2.24) is 5.32 Å². The molecule has 2 heterocycles. The van der Waals surface area contributed by atoms with Crippen LogP contribution in [0.2, 0.25) is 0 Å². The van der Waals surface area contributed by atoms with Gasteiger partial charge in [-0.15, -0.1) is 0 Å². The summed E-state index contributed by atoms with van der Waals surface area (Å²) in [7, 11) is 0. The standard InChI is InChI=1S/C15H21N3O2/c1-10-9-11(2)14(18-6-4-16-5-7-18)15-13(10)17-12(19)3-8-20-15/h9,16H,3-8H2,1-2H3,(H,17,19). The lowest BCUT2D eigenvalue weighted by Gasteiger charge is -2.33. The Morgan fingerprint density at radius 3 is 2.70 bits per heavy atom.